The first-order chi connectivity index (χ1) is 6.93. The van der Waals surface area contributed by atoms with Gasteiger partial charge in [0, 0.05) is 6.54 Å². The Hall–Kier alpha value is -0.620. The fraction of sp³-hybridized carbons (Fsp3) is 0.889. The number of nitrogens with one attached hydrogen (secondary N) is 1. The van der Waals surface area contributed by atoms with Crippen molar-refractivity contribution in [3.8, 4) is 0 Å². The molecule has 0 heterocycles. The van der Waals surface area contributed by atoms with Gasteiger partial charge in [0.1, 0.15) is 0 Å². The van der Waals surface area contributed by atoms with Crippen LogP contribution in [0.1, 0.15) is 32.6 Å². The van der Waals surface area contributed by atoms with Gasteiger partial charge in [0.2, 0.25) is 10.0 Å². The molecule has 0 bridgehead atoms. The van der Waals surface area contributed by atoms with Gasteiger partial charge in [-0.15, -0.1) is 0 Å². The fourth-order valence-electron chi connectivity index (χ4n) is 1.71. The lowest BCUT2D eigenvalue weighted by Crippen LogP contribution is -2.39. The molecule has 1 fully saturated rings. The van der Waals surface area contributed by atoms with Crippen LogP contribution in [-0.4, -0.2) is 31.3 Å². The Morgan fingerprint density at radius 1 is 1.47 bits per heavy atom. The highest BCUT2D eigenvalue weighted by Crippen LogP contribution is 2.23. The standard InChI is InChI=1S/C9H17NO4S/c1-7(9(11)12)15(13,14)10-6-8-4-2-3-5-8/h7-8,10H,2-6H2,1H3,(H,11,12). The average molecular weight is 235 g/mol. The molecule has 1 aliphatic carbocycles. The van der Waals surface area contributed by atoms with E-state index in [2.05, 4.69) is 4.72 Å². The van der Waals surface area contributed by atoms with Crippen molar-refractivity contribution in [2.45, 2.75) is 37.9 Å². The third-order valence-electron chi connectivity index (χ3n) is 2.86. The Morgan fingerprint density at radius 3 is 2.47 bits per heavy atom. The lowest BCUT2D eigenvalue weighted by atomic mass is 10.1. The Morgan fingerprint density at radius 2 is 2.00 bits per heavy atom. The molecule has 0 aromatic heterocycles. The second-order valence-corrected chi connectivity index (χ2v) is 6.11. The maximum atomic E-state index is 11.4. The van der Waals surface area contributed by atoms with Crippen molar-refractivity contribution in [3.05, 3.63) is 0 Å². The lowest BCUT2D eigenvalue weighted by Gasteiger charge is -2.13. The van der Waals surface area contributed by atoms with E-state index in [-0.39, 0.29) is 0 Å². The molecule has 0 aromatic carbocycles. The summed E-state index contributed by atoms with van der Waals surface area (Å²) in [5.74, 6) is -0.935. The van der Waals surface area contributed by atoms with E-state index in [4.69, 9.17) is 5.11 Å². The molecular weight excluding hydrogens is 218 g/mol. The molecule has 0 aromatic rings. The van der Waals surface area contributed by atoms with Crippen molar-refractivity contribution in [1.82, 2.24) is 4.72 Å². The second-order valence-electron chi connectivity index (χ2n) is 4.02. The summed E-state index contributed by atoms with van der Waals surface area (Å²) in [7, 11) is -3.70. The molecule has 0 saturated heterocycles. The van der Waals surface area contributed by atoms with Crippen LogP contribution in [-0.2, 0) is 14.8 Å². The summed E-state index contributed by atoms with van der Waals surface area (Å²) in [6.07, 6.45) is 4.34. The monoisotopic (exact) mass is 235 g/mol. The highest BCUT2D eigenvalue weighted by atomic mass is 32.2. The van der Waals surface area contributed by atoms with Gasteiger partial charge in [0.25, 0.3) is 0 Å². The zero-order chi connectivity index (χ0) is 11.5. The van der Waals surface area contributed by atoms with Crippen molar-refractivity contribution < 1.29 is 18.3 Å². The molecule has 1 saturated carbocycles. The first-order valence-corrected chi connectivity index (χ1v) is 6.69. The van der Waals surface area contributed by atoms with Crippen LogP contribution in [0.15, 0.2) is 0 Å². The number of sulfonamides is 1. The molecule has 2 N–H and O–H groups in total. The summed E-state index contributed by atoms with van der Waals surface area (Å²) in [4.78, 5) is 10.5. The molecule has 15 heavy (non-hydrogen) atoms. The molecule has 0 radical (unpaired) electrons. The van der Waals surface area contributed by atoms with Gasteiger partial charge in [-0.3, -0.25) is 4.79 Å². The number of aliphatic carboxylic acids is 1. The van der Waals surface area contributed by atoms with Crippen LogP contribution in [0.3, 0.4) is 0 Å². The van der Waals surface area contributed by atoms with Crippen molar-refractivity contribution in [3.63, 3.8) is 0 Å². The summed E-state index contributed by atoms with van der Waals surface area (Å²) in [6.45, 7) is 1.55. The Kier molecular flexibility index (Phi) is 4.10. The third-order valence-corrected chi connectivity index (χ3v) is 4.56. The fourth-order valence-corrected chi connectivity index (χ4v) is 2.69. The summed E-state index contributed by atoms with van der Waals surface area (Å²) in [6, 6.07) is 0. The van der Waals surface area contributed by atoms with Crippen LogP contribution in [0.4, 0.5) is 0 Å². The summed E-state index contributed by atoms with van der Waals surface area (Å²) >= 11 is 0. The Balaban J connectivity index is 2.45. The molecule has 1 atom stereocenters. The first-order valence-electron chi connectivity index (χ1n) is 5.15. The molecule has 6 heteroatoms. The average Bonchev–Trinajstić information content (AvgIpc) is 2.66. The van der Waals surface area contributed by atoms with Gasteiger partial charge in [-0.25, -0.2) is 13.1 Å². The van der Waals surface area contributed by atoms with Crippen molar-refractivity contribution in [2.75, 3.05) is 6.54 Å². The van der Waals surface area contributed by atoms with Crippen LogP contribution in [0.2, 0.25) is 0 Å². The molecule has 0 amide bonds. The van der Waals surface area contributed by atoms with Gasteiger partial charge >= 0.3 is 5.97 Å². The Labute approximate surface area is 89.9 Å². The molecule has 1 rings (SSSR count). The first kappa shape index (κ1) is 12.4. The van der Waals surface area contributed by atoms with E-state index in [0.29, 0.717) is 12.5 Å². The van der Waals surface area contributed by atoms with E-state index in [1.165, 1.54) is 6.92 Å². The SMILES string of the molecule is CC(C(=O)O)S(=O)(=O)NCC1CCCC1. The van der Waals surface area contributed by atoms with Crippen LogP contribution in [0.25, 0.3) is 0 Å². The maximum Gasteiger partial charge on any atom is 0.323 e. The van der Waals surface area contributed by atoms with Gasteiger partial charge in [0.15, 0.2) is 5.25 Å². The summed E-state index contributed by atoms with van der Waals surface area (Å²) in [5, 5.41) is 7.21. The quantitative estimate of drug-likeness (QED) is 0.729. The predicted octanol–water partition coefficient (Wildman–Crippen LogP) is 0.569. The van der Waals surface area contributed by atoms with E-state index >= 15 is 0 Å². The van der Waals surface area contributed by atoms with E-state index in [1.807, 2.05) is 0 Å². The van der Waals surface area contributed by atoms with Crippen molar-refractivity contribution in [1.29, 1.82) is 0 Å². The van der Waals surface area contributed by atoms with E-state index in [1.54, 1.807) is 0 Å². The topological polar surface area (TPSA) is 83.5 Å². The number of rotatable bonds is 5. The minimum atomic E-state index is -3.70. The molecule has 0 aliphatic heterocycles. The van der Waals surface area contributed by atoms with Gasteiger partial charge in [-0.05, 0) is 25.7 Å². The highest BCUT2D eigenvalue weighted by Gasteiger charge is 2.28. The normalized spacial score (nSPS) is 20.3. The third kappa shape index (κ3) is 3.46. The van der Waals surface area contributed by atoms with Crippen LogP contribution < -0.4 is 4.72 Å². The summed E-state index contributed by atoms with van der Waals surface area (Å²) < 4.78 is 25.2. The predicted molar refractivity (Wildman–Crippen MR) is 56.0 cm³/mol. The largest absolute Gasteiger partial charge is 0.480 e. The van der Waals surface area contributed by atoms with Crippen molar-refractivity contribution in [2.24, 2.45) is 5.92 Å². The van der Waals surface area contributed by atoms with E-state index in [0.717, 1.165) is 25.7 Å². The van der Waals surface area contributed by atoms with E-state index < -0.39 is 21.2 Å². The zero-order valence-corrected chi connectivity index (χ0v) is 9.59. The zero-order valence-electron chi connectivity index (χ0n) is 8.77. The summed E-state index contributed by atoms with van der Waals surface area (Å²) in [5.41, 5.74) is 0. The van der Waals surface area contributed by atoms with Crippen LogP contribution in [0.5, 0.6) is 0 Å². The number of carboxylic acids is 1. The number of carbonyl (C=O) groups is 1. The maximum absolute atomic E-state index is 11.4. The Bertz CT molecular complexity index is 319. The van der Waals surface area contributed by atoms with Gasteiger partial charge < -0.3 is 5.11 Å². The van der Waals surface area contributed by atoms with Gasteiger partial charge in [0.05, 0.1) is 0 Å². The minimum Gasteiger partial charge on any atom is -0.480 e. The van der Waals surface area contributed by atoms with Crippen molar-refractivity contribution >= 4 is 16.0 Å². The molecule has 5 nitrogen and oxygen atoms in total. The molecule has 88 valence electrons. The molecule has 1 aliphatic rings. The smallest absolute Gasteiger partial charge is 0.323 e. The van der Waals surface area contributed by atoms with Gasteiger partial charge in [-0.2, -0.15) is 0 Å². The number of hydrogen-bond acceptors (Lipinski definition) is 3. The highest BCUT2D eigenvalue weighted by molar-refractivity contribution is 7.90. The molecule has 0 spiro atoms. The number of carboxylic acid groups (broad SMARTS) is 1. The van der Waals surface area contributed by atoms with Crippen LogP contribution in [0, 0.1) is 5.92 Å². The second kappa shape index (κ2) is 4.94. The molecule has 1 unspecified atom stereocenters. The molecular formula is C9H17NO4S. The van der Waals surface area contributed by atoms with Gasteiger partial charge in [-0.1, -0.05) is 12.8 Å². The number of hydrogen-bond donors (Lipinski definition) is 2. The van der Waals surface area contributed by atoms with Crippen LogP contribution >= 0.6 is 0 Å². The lowest BCUT2D eigenvalue weighted by molar-refractivity contribution is -0.136. The van der Waals surface area contributed by atoms with E-state index in [9.17, 15) is 13.2 Å². The minimum absolute atomic E-state index is 0.375.